The zero-order valence-corrected chi connectivity index (χ0v) is 10.9. The summed E-state index contributed by atoms with van der Waals surface area (Å²) in [4.78, 5) is 10.7. The molecule has 1 aliphatic heterocycles. The second-order valence-corrected chi connectivity index (χ2v) is 5.60. The molecule has 0 aromatic carbocycles. The van der Waals surface area contributed by atoms with Crippen molar-refractivity contribution in [3.63, 3.8) is 0 Å². The van der Waals surface area contributed by atoms with E-state index in [0.29, 0.717) is 0 Å². The van der Waals surface area contributed by atoms with E-state index >= 15 is 0 Å². The first kappa shape index (κ1) is 12.1. The van der Waals surface area contributed by atoms with Gasteiger partial charge < -0.3 is 5.32 Å². The number of aromatic nitrogens is 2. The molecular weight excluding hydrogens is 224 g/mol. The molecule has 2 fully saturated rings. The monoisotopic (exact) mass is 246 g/mol. The molecule has 98 valence electrons. The van der Waals surface area contributed by atoms with Gasteiger partial charge in [-0.2, -0.15) is 0 Å². The number of piperidine rings is 1. The molecule has 4 nitrogen and oxygen atoms in total. The topological polar surface area (TPSA) is 41.0 Å². The van der Waals surface area contributed by atoms with Crippen molar-refractivity contribution in [2.45, 2.75) is 38.3 Å². The molecule has 1 saturated carbocycles. The van der Waals surface area contributed by atoms with E-state index in [-0.39, 0.29) is 0 Å². The highest BCUT2D eigenvalue weighted by molar-refractivity contribution is 4.98. The zero-order valence-electron chi connectivity index (χ0n) is 10.9. The summed E-state index contributed by atoms with van der Waals surface area (Å²) in [5, 5.41) is 3.72. The Morgan fingerprint density at radius 1 is 1.22 bits per heavy atom. The molecule has 0 bridgehead atoms. The Bertz CT molecular complexity index is 355. The fraction of sp³-hybridized carbons (Fsp3) is 0.714. The lowest BCUT2D eigenvalue weighted by Crippen LogP contribution is -2.42. The summed E-state index contributed by atoms with van der Waals surface area (Å²) < 4.78 is 0. The molecule has 1 aromatic rings. The van der Waals surface area contributed by atoms with Crippen molar-refractivity contribution in [2.24, 2.45) is 5.92 Å². The molecule has 1 N–H and O–H groups in total. The van der Waals surface area contributed by atoms with Crippen molar-refractivity contribution in [3.8, 4) is 0 Å². The van der Waals surface area contributed by atoms with Crippen LogP contribution in [0.25, 0.3) is 0 Å². The molecule has 0 spiro atoms. The van der Waals surface area contributed by atoms with Gasteiger partial charge in [-0.15, -0.1) is 0 Å². The van der Waals surface area contributed by atoms with E-state index in [2.05, 4.69) is 20.2 Å². The van der Waals surface area contributed by atoms with Gasteiger partial charge in [0.15, 0.2) is 0 Å². The Hall–Kier alpha value is -1.00. The van der Waals surface area contributed by atoms with Gasteiger partial charge in [-0.05, 0) is 44.2 Å². The number of hydrogen-bond donors (Lipinski definition) is 1. The van der Waals surface area contributed by atoms with Crippen LogP contribution in [0, 0.1) is 5.92 Å². The van der Waals surface area contributed by atoms with Crippen LogP contribution in [0.2, 0.25) is 0 Å². The molecule has 0 amide bonds. The van der Waals surface area contributed by atoms with Crippen LogP contribution in [-0.4, -0.2) is 40.5 Å². The van der Waals surface area contributed by atoms with Gasteiger partial charge in [0.1, 0.15) is 6.33 Å². The lowest BCUT2D eigenvalue weighted by Gasteiger charge is -2.32. The van der Waals surface area contributed by atoms with Crippen LogP contribution < -0.4 is 5.32 Å². The average molecular weight is 246 g/mol. The molecule has 3 rings (SSSR count). The Balaban J connectivity index is 1.39. The van der Waals surface area contributed by atoms with E-state index in [1.54, 1.807) is 6.33 Å². The number of nitrogens with zero attached hydrogens (tertiary/aromatic N) is 3. The van der Waals surface area contributed by atoms with Gasteiger partial charge in [-0.25, -0.2) is 9.97 Å². The molecule has 4 heteroatoms. The van der Waals surface area contributed by atoms with Crippen LogP contribution in [-0.2, 0) is 6.54 Å². The highest BCUT2D eigenvalue weighted by Crippen LogP contribution is 2.28. The molecule has 1 aliphatic carbocycles. The van der Waals surface area contributed by atoms with Gasteiger partial charge >= 0.3 is 0 Å². The van der Waals surface area contributed by atoms with Gasteiger partial charge in [-0.1, -0.05) is 0 Å². The standard InChI is InChI=1S/C14H22N4/c1-2-12(1)9-16-13-4-7-18(8-5-13)10-14-3-6-15-11-17-14/h3,6,11-13,16H,1-2,4-5,7-10H2. The summed E-state index contributed by atoms with van der Waals surface area (Å²) in [6, 6.07) is 2.75. The first-order valence-corrected chi connectivity index (χ1v) is 7.11. The van der Waals surface area contributed by atoms with Gasteiger partial charge in [-0.3, -0.25) is 4.90 Å². The van der Waals surface area contributed by atoms with Crippen molar-refractivity contribution in [1.82, 2.24) is 20.2 Å². The predicted molar refractivity (Wildman–Crippen MR) is 71.1 cm³/mol. The molecular formula is C14H22N4. The third kappa shape index (κ3) is 3.50. The van der Waals surface area contributed by atoms with Crippen LogP contribution in [0.3, 0.4) is 0 Å². The van der Waals surface area contributed by atoms with Crippen LogP contribution in [0.15, 0.2) is 18.6 Å². The fourth-order valence-corrected chi connectivity index (χ4v) is 2.59. The van der Waals surface area contributed by atoms with Crippen molar-refractivity contribution in [1.29, 1.82) is 0 Å². The first-order valence-electron chi connectivity index (χ1n) is 7.11. The maximum Gasteiger partial charge on any atom is 0.115 e. The van der Waals surface area contributed by atoms with E-state index in [1.165, 1.54) is 45.3 Å². The third-order valence-corrected chi connectivity index (χ3v) is 4.01. The molecule has 2 heterocycles. The van der Waals surface area contributed by atoms with Crippen molar-refractivity contribution in [3.05, 3.63) is 24.3 Å². The van der Waals surface area contributed by atoms with Crippen LogP contribution in [0.4, 0.5) is 0 Å². The fourth-order valence-electron chi connectivity index (χ4n) is 2.59. The Morgan fingerprint density at radius 3 is 2.72 bits per heavy atom. The third-order valence-electron chi connectivity index (χ3n) is 4.01. The van der Waals surface area contributed by atoms with E-state index in [1.807, 2.05) is 12.3 Å². The quantitative estimate of drug-likeness (QED) is 0.853. The zero-order chi connectivity index (χ0) is 12.2. The average Bonchev–Trinajstić information content (AvgIpc) is 3.23. The molecule has 0 unspecified atom stereocenters. The highest BCUT2D eigenvalue weighted by atomic mass is 15.1. The summed E-state index contributed by atoms with van der Waals surface area (Å²) in [6.07, 6.45) is 8.90. The summed E-state index contributed by atoms with van der Waals surface area (Å²) in [6.45, 7) is 4.59. The van der Waals surface area contributed by atoms with Crippen LogP contribution in [0.1, 0.15) is 31.4 Å². The molecule has 1 aromatic heterocycles. The van der Waals surface area contributed by atoms with E-state index in [4.69, 9.17) is 0 Å². The maximum absolute atomic E-state index is 4.29. The largest absolute Gasteiger partial charge is 0.314 e. The predicted octanol–water partition coefficient (Wildman–Crippen LogP) is 1.44. The highest BCUT2D eigenvalue weighted by Gasteiger charge is 2.24. The van der Waals surface area contributed by atoms with Crippen molar-refractivity contribution >= 4 is 0 Å². The minimum atomic E-state index is 0.743. The van der Waals surface area contributed by atoms with Crippen molar-refractivity contribution < 1.29 is 0 Å². The summed E-state index contributed by atoms with van der Waals surface area (Å²) in [7, 11) is 0. The van der Waals surface area contributed by atoms with Gasteiger partial charge in [0, 0.05) is 31.9 Å². The molecule has 18 heavy (non-hydrogen) atoms. The lowest BCUT2D eigenvalue weighted by molar-refractivity contribution is 0.188. The van der Waals surface area contributed by atoms with Gasteiger partial charge in [0.25, 0.3) is 0 Å². The second-order valence-electron chi connectivity index (χ2n) is 5.60. The Kier molecular flexibility index (Phi) is 3.86. The first-order chi connectivity index (χ1) is 8.90. The summed E-state index contributed by atoms with van der Waals surface area (Å²) in [5.74, 6) is 0.990. The lowest BCUT2D eigenvalue weighted by atomic mass is 10.0. The molecule has 2 aliphatic rings. The van der Waals surface area contributed by atoms with Crippen molar-refractivity contribution in [2.75, 3.05) is 19.6 Å². The minimum absolute atomic E-state index is 0.743. The molecule has 0 atom stereocenters. The Morgan fingerprint density at radius 2 is 2.06 bits per heavy atom. The summed E-state index contributed by atoms with van der Waals surface area (Å²) in [5.41, 5.74) is 1.13. The molecule has 0 radical (unpaired) electrons. The number of nitrogens with one attached hydrogen (secondary N) is 1. The van der Waals surface area contributed by atoms with E-state index < -0.39 is 0 Å². The summed E-state index contributed by atoms with van der Waals surface area (Å²) >= 11 is 0. The van der Waals surface area contributed by atoms with E-state index in [0.717, 1.165) is 24.2 Å². The maximum atomic E-state index is 4.29. The van der Waals surface area contributed by atoms with Crippen LogP contribution in [0.5, 0.6) is 0 Å². The number of rotatable bonds is 5. The smallest absolute Gasteiger partial charge is 0.115 e. The Labute approximate surface area is 109 Å². The number of likely N-dealkylation sites (tertiary alicyclic amines) is 1. The SMILES string of the molecule is c1cc(CN2CCC(NCC3CC3)CC2)ncn1. The minimum Gasteiger partial charge on any atom is -0.314 e. The number of hydrogen-bond acceptors (Lipinski definition) is 4. The normalized spacial score (nSPS) is 22.2. The van der Waals surface area contributed by atoms with Crippen LogP contribution >= 0.6 is 0 Å². The van der Waals surface area contributed by atoms with Gasteiger partial charge in [0.05, 0.1) is 5.69 Å². The molecule has 1 saturated heterocycles. The second kappa shape index (κ2) is 5.76. The van der Waals surface area contributed by atoms with E-state index in [9.17, 15) is 0 Å². The van der Waals surface area contributed by atoms with Gasteiger partial charge in [0.2, 0.25) is 0 Å².